The van der Waals surface area contributed by atoms with Gasteiger partial charge in [-0.2, -0.15) is 0 Å². The van der Waals surface area contributed by atoms with Crippen LogP contribution in [0.5, 0.6) is 0 Å². The molecular formula is C52H56ClN5O6. The number of ether oxygens (including phenoxy) is 2. The first-order chi connectivity index (χ1) is 31.2. The molecule has 2 atom stereocenters. The number of carbonyl (C=O) groups excluding carboxylic acids is 4. The molecule has 0 unspecified atom stereocenters. The summed E-state index contributed by atoms with van der Waals surface area (Å²) in [6, 6.07) is 34.9. The Labute approximate surface area is 380 Å². The van der Waals surface area contributed by atoms with Crippen molar-refractivity contribution in [3.05, 3.63) is 155 Å². The molecule has 332 valence electrons. The van der Waals surface area contributed by atoms with Gasteiger partial charge in [0.25, 0.3) is 0 Å². The maximum atomic E-state index is 14.3. The third-order valence-electron chi connectivity index (χ3n) is 11.8. The van der Waals surface area contributed by atoms with Crippen LogP contribution in [-0.4, -0.2) is 58.5 Å². The normalized spacial score (nSPS) is 14.1. The van der Waals surface area contributed by atoms with Crippen molar-refractivity contribution in [3.8, 4) is 11.3 Å². The van der Waals surface area contributed by atoms with Crippen LogP contribution in [0.1, 0.15) is 73.6 Å². The number of amides is 2. The van der Waals surface area contributed by atoms with Gasteiger partial charge in [-0.05, 0) is 110 Å². The van der Waals surface area contributed by atoms with E-state index in [1.807, 2.05) is 109 Å². The number of unbranched alkanes of at least 4 members (excludes halogenated alkanes) is 3. The van der Waals surface area contributed by atoms with Gasteiger partial charge in [0.1, 0.15) is 25.8 Å². The van der Waals surface area contributed by atoms with E-state index < -0.39 is 24.0 Å². The van der Waals surface area contributed by atoms with E-state index in [4.69, 9.17) is 21.1 Å². The van der Waals surface area contributed by atoms with E-state index in [-0.39, 0.29) is 31.6 Å². The van der Waals surface area contributed by atoms with Crippen LogP contribution in [0.25, 0.3) is 22.2 Å². The number of halogens is 1. The van der Waals surface area contributed by atoms with Gasteiger partial charge < -0.3 is 19.4 Å². The van der Waals surface area contributed by atoms with Crippen LogP contribution in [0.15, 0.2) is 128 Å². The zero-order valence-corrected chi connectivity index (χ0v) is 37.1. The molecule has 3 heterocycles. The van der Waals surface area contributed by atoms with Crippen LogP contribution in [0.2, 0.25) is 5.02 Å². The van der Waals surface area contributed by atoms with Gasteiger partial charge in [0, 0.05) is 59.6 Å². The SMILES string of the molecule is Cn1c(-c2cccnc2)c(CCCCCC(=O)NCCCC[C@H](N[C@H]2CCc3ccccc3N(CC(=O)OCc3ccccc3)C2=O)C(=O)OCc2ccccc2)c2cc(Cl)ccc21. The fourth-order valence-corrected chi connectivity index (χ4v) is 8.63. The molecule has 1 aliphatic rings. The molecular weight excluding hydrogens is 826 g/mol. The smallest absolute Gasteiger partial charge is 0.326 e. The van der Waals surface area contributed by atoms with Gasteiger partial charge in [-0.1, -0.05) is 96.9 Å². The van der Waals surface area contributed by atoms with E-state index in [1.165, 1.54) is 10.5 Å². The Kier molecular flexibility index (Phi) is 16.3. The third-order valence-corrected chi connectivity index (χ3v) is 12.0. The van der Waals surface area contributed by atoms with Crippen LogP contribution >= 0.6 is 11.6 Å². The fraction of sp³-hybridized carbons (Fsp3) is 0.327. The molecule has 12 heteroatoms. The highest BCUT2D eigenvalue weighted by atomic mass is 35.5. The van der Waals surface area contributed by atoms with E-state index in [9.17, 15) is 19.2 Å². The van der Waals surface area contributed by atoms with Crippen molar-refractivity contribution in [1.82, 2.24) is 20.2 Å². The summed E-state index contributed by atoms with van der Waals surface area (Å²) in [6.07, 6.45) is 10.1. The summed E-state index contributed by atoms with van der Waals surface area (Å²) in [4.78, 5) is 59.9. The number of fused-ring (bicyclic) bond motifs is 2. The molecule has 11 nitrogen and oxygen atoms in total. The van der Waals surface area contributed by atoms with E-state index in [0.29, 0.717) is 55.8 Å². The topological polar surface area (TPSA) is 132 Å². The van der Waals surface area contributed by atoms with Crippen molar-refractivity contribution in [2.45, 2.75) is 89.5 Å². The lowest BCUT2D eigenvalue weighted by Gasteiger charge is -2.28. The van der Waals surface area contributed by atoms with E-state index in [0.717, 1.165) is 64.5 Å². The minimum atomic E-state index is -0.794. The molecule has 2 amide bonds. The number of aryl methyl sites for hydroxylation is 3. The molecule has 4 aromatic carbocycles. The first-order valence-corrected chi connectivity index (χ1v) is 22.6. The zero-order chi connectivity index (χ0) is 44.7. The molecule has 2 aromatic heterocycles. The van der Waals surface area contributed by atoms with Crippen LogP contribution in [-0.2, 0) is 61.8 Å². The first kappa shape index (κ1) is 45.7. The van der Waals surface area contributed by atoms with Gasteiger partial charge >= 0.3 is 11.9 Å². The van der Waals surface area contributed by atoms with Crippen LogP contribution in [0, 0.1) is 0 Å². The monoisotopic (exact) mass is 881 g/mol. The molecule has 6 aromatic rings. The van der Waals surface area contributed by atoms with Crippen molar-refractivity contribution >= 4 is 51.9 Å². The number of rotatable bonds is 21. The Morgan fingerprint density at radius 2 is 1.56 bits per heavy atom. The van der Waals surface area contributed by atoms with Gasteiger partial charge in [-0.15, -0.1) is 0 Å². The fourth-order valence-electron chi connectivity index (χ4n) is 8.46. The maximum Gasteiger partial charge on any atom is 0.326 e. The maximum absolute atomic E-state index is 14.3. The number of hydrogen-bond acceptors (Lipinski definition) is 8. The average molecular weight is 883 g/mol. The van der Waals surface area contributed by atoms with Crippen molar-refractivity contribution in [1.29, 1.82) is 0 Å². The Balaban J connectivity index is 0.909. The van der Waals surface area contributed by atoms with Crippen molar-refractivity contribution in [3.63, 3.8) is 0 Å². The van der Waals surface area contributed by atoms with Crippen molar-refractivity contribution in [2.24, 2.45) is 7.05 Å². The summed E-state index contributed by atoms with van der Waals surface area (Å²) in [5.74, 6) is -1.31. The summed E-state index contributed by atoms with van der Waals surface area (Å²) in [5.41, 5.74) is 7.83. The second-order valence-corrected chi connectivity index (χ2v) is 16.7. The Morgan fingerprint density at radius 1 is 0.828 bits per heavy atom. The van der Waals surface area contributed by atoms with Crippen molar-refractivity contribution in [2.75, 3.05) is 18.0 Å². The number of anilines is 1. The van der Waals surface area contributed by atoms with Gasteiger partial charge in [0.05, 0.1) is 11.7 Å². The molecule has 0 saturated carbocycles. The number of benzene rings is 4. The largest absolute Gasteiger partial charge is 0.460 e. The molecule has 0 saturated heterocycles. The molecule has 2 N–H and O–H groups in total. The Bertz CT molecular complexity index is 2500. The average Bonchev–Trinajstić information content (AvgIpc) is 3.52. The summed E-state index contributed by atoms with van der Waals surface area (Å²) in [7, 11) is 2.07. The number of pyridine rings is 1. The number of carbonyl (C=O) groups is 4. The molecule has 0 radical (unpaired) electrons. The molecule has 0 spiro atoms. The minimum absolute atomic E-state index is 0.00376. The quantitative estimate of drug-likeness (QED) is 0.0541. The van der Waals surface area contributed by atoms with E-state index >= 15 is 0 Å². The number of nitrogens with zero attached hydrogens (tertiary/aromatic N) is 3. The molecule has 0 fully saturated rings. The summed E-state index contributed by atoms with van der Waals surface area (Å²) in [5, 5.41) is 8.23. The molecule has 0 aliphatic carbocycles. The predicted octanol–water partition coefficient (Wildman–Crippen LogP) is 9.08. The van der Waals surface area contributed by atoms with E-state index in [2.05, 4.69) is 39.4 Å². The molecule has 64 heavy (non-hydrogen) atoms. The van der Waals surface area contributed by atoms with Gasteiger partial charge in [-0.3, -0.25) is 34.4 Å². The van der Waals surface area contributed by atoms with Gasteiger partial charge in [-0.25, -0.2) is 0 Å². The number of nitrogens with one attached hydrogen (secondary N) is 2. The zero-order valence-electron chi connectivity index (χ0n) is 36.3. The van der Waals surface area contributed by atoms with Crippen LogP contribution in [0.3, 0.4) is 0 Å². The highest BCUT2D eigenvalue weighted by Gasteiger charge is 2.35. The minimum Gasteiger partial charge on any atom is -0.460 e. The van der Waals surface area contributed by atoms with E-state index in [1.54, 1.807) is 6.20 Å². The Hall–Kier alpha value is -6.30. The molecule has 7 rings (SSSR count). The number of aromatic nitrogens is 2. The summed E-state index contributed by atoms with van der Waals surface area (Å²) >= 11 is 6.43. The number of hydrogen-bond donors (Lipinski definition) is 2. The molecule has 0 bridgehead atoms. The summed E-state index contributed by atoms with van der Waals surface area (Å²) < 4.78 is 13.6. The lowest BCUT2D eigenvalue weighted by molar-refractivity contribution is -0.148. The first-order valence-electron chi connectivity index (χ1n) is 22.2. The summed E-state index contributed by atoms with van der Waals surface area (Å²) in [6.45, 7) is 0.389. The van der Waals surface area contributed by atoms with Gasteiger partial charge in [0.2, 0.25) is 11.8 Å². The van der Waals surface area contributed by atoms with Crippen molar-refractivity contribution < 1.29 is 28.7 Å². The van der Waals surface area contributed by atoms with Gasteiger partial charge in [0.15, 0.2) is 0 Å². The standard InChI is InChI=1S/C52H56ClN5O6/c1-57-47-29-27-41(53)32-43(47)42(50(57)40-21-15-30-54-33-40)22-9-4-10-25-48(59)55-31-14-13-23-45(52(62)64-36-38-18-7-3-8-19-38)56-44-28-26-39-20-11-12-24-46(39)58(51(44)61)34-49(60)63-35-37-16-5-2-6-17-37/h2-3,5-8,11-12,15-21,24,27,29-30,32-33,44-45,56H,4,9-10,13-14,22-23,25-26,28,31,34-36H2,1H3,(H,55,59)/t44-,45-/m0/s1. The van der Waals surface area contributed by atoms with Crippen LogP contribution in [0.4, 0.5) is 5.69 Å². The predicted molar refractivity (Wildman–Crippen MR) is 250 cm³/mol. The third kappa shape index (κ3) is 12.2. The number of esters is 2. The lowest BCUT2D eigenvalue weighted by atomic mass is 10.00. The second kappa shape index (κ2) is 22.9. The van der Waals surface area contributed by atoms with Crippen LogP contribution < -0.4 is 15.5 Å². The highest BCUT2D eigenvalue weighted by Crippen LogP contribution is 2.35. The Morgan fingerprint density at radius 3 is 2.31 bits per heavy atom. The lowest BCUT2D eigenvalue weighted by Crippen LogP contribution is -2.53. The highest BCUT2D eigenvalue weighted by molar-refractivity contribution is 6.31. The second-order valence-electron chi connectivity index (χ2n) is 16.3. The number of para-hydroxylation sites is 1. The molecule has 1 aliphatic heterocycles.